The number of aromatic nitrogens is 1. The fourth-order valence-corrected chi connectivity index (χ4v) is 3.21. The van der Waals surface area contributed by atoms with Crippen LogP contribution in [0.3, 0.4) is 0 Å². The van der Waals surface area contributed by atoms with Gasteiger partial charge in [-0.15, -0.1) is 11.3 Å². The molecule has 0 saturated carbocycles. The topological polar surface area (TPSA) is 33.2 Å². The van der Waals surface area contributed by atoms with Gasteiger partial charge in [-0.2, -0.15) is 0 Å². The first kappa shape index (κ1) is 13.3. The van der Waals surface area contributed by atoms with Crippen LogP contribution in [0.15, 0.2) is 35.8 Å². The zero-order valence-electron chi connectivity index (χ0n) is 11.6. The SMILES string of the molecule is CC1CCN(C(=O)c2ccnc(-c3cccs3)c2)CC1. The lowest BCUT2D eigenvalue weighted by molar-refractivity contribution is 0.0697. The Morgan fingerprint density at radius 1 is 1.35 bits per heavy atom. The number of hydrogen-bond donors (Lipinski definition) is 0. The van der Waals surface area contributed by atoms with Crippen molar-refractivity contribution in [2.45, 2.75) is 19.8 Å². The lowest BCUT2D eigenvalue weighted by Gasteiger charge is -2.30. The third-order valence-corrected chi connectivity index (χ3v) is 4.74. The molecule has 0 unspecified atom stereocenters. The molecule has 3 rings (SSSR count). The third kappa shape index (κ3) is 2.75. The zero-order valence-corrected chi connectivity index (χ0v) is 12.4. The molecule has 0 spiro atoms. The number of piperidine rings is 1. The highest BCUT2D eigenvalue weighted by Gasteiger charge is 2.21. The second-order valence-corrected chi connectivity index (χ2v) is 6.33. The van der Waals surface area contributed by atoms with Crippen LogP contribution in [-0.2, 0) is 0 Å². The van der Waals surface area contributed by atoms with Gasteiger partial charge in [-0.05, 0) is 42.3 Å². The highest BCUT2D eigenvalue weighted by atomic mass is 32.1. The Morgan fingerprint density at radius 3 is 2.85 bits per heavy atom. The van der Waals surface area contributed by atoms with Crippen molar-refractivity contribution in [2.75, 3.05) is 13.1 Å². The van der Waals surface area contributed by atoms with Crippen LogP contribution in [0.25, 0.3) is 10.6 Å². The van der Waals surface area contributed by atoms with Crippen LogP contribution in [0.5, 0.6) is 0 Å². The van der Waals surface area contributed by atoms with Crippen LogP contribution in [-0.4, -0.2) is 28.9 Å². The Balaban J connectivity index is 1.80. The Bertz CT molecular complexity index is 586. The molecule has 0 N–H and O–H groups in total. The number of amides is 1. The van der Waals surface area contributed by atoms with Crippen molar-refractivity contribution in [2.24, 2.45) is 5.92 Å². The molecule has 2 aromatic rings. The summed E-state index contributed by atoms with van der Waals surface area (Å²) in [5.74, 6) is 0.871. The Hall–Kier alpha value is -1.68. The highest BCUT2D eigenvalue weighted by Crippen LogP contribution is 2.24. The van der Waals surface area contributed by atoms with Crippen LogP contribution in [0.1, 0.15) is 30.1 Å². The molecule has 1 amide bonds. The molecule has 104 valence electrons. The molecule has 1 aliphatic rings. The minimum Gasteiger partial charge on any atom is -0.339 e. The van der Waals surface area contributed by atoms with Crippen LogP contribution in [0.4, 0.5) is 0 Å². The number of thiophene rings is 1. The lowest BCUT2D eigenvalue weighted by atomic mass is 9.98. The van der Waals surface area contributed by atoms with Gasteiger partial charge >= 0.3 is 0 Å². The van der Waals surface area contributed by atoms with Gasteiger partial charge in [0.1, 0.15) is 0 Å². The van der Waals surface area contributed by atoms with E-state index < -0.39 is 0 Å². The molecule has 0 radical (unpaired) electrons. The molecule has 0 aromatic carbocycles. The van der Waals surface area contributed by atoms with E-state index in [2.05, 4.69) is 11.9 Å². The van der Waals surface area contributed by atoms with E-state index in [1.807, 2.05) is 34.5 Å². The Morgan fingerprint density at radius 2 is 2.15 bits per heavy atom. The van der Waals surface area contributed by atoms with Gasteiger partial charge in [0, 0.05) is 24.8 Å². The van der Waals surface area contributed by atoms with Crippen molar-refractivity contribution in [3.8, 4) is 10.6 Å². The summed E-state index contributed by atoms with van der Waals surface area (Å²) in [7, 11) is 0. The van der Waals surface area contributed by atoms with E-state index >= 15 is 0 Å². The second-order valence-electron chi connectivity index (χ2n) is 5.38. The van der Waals surface area contributed by atoms with Crippen LogP contribution in [0.2, 0.25) is 0 Å². The van der Waals surface area contributed by atoms with Gasteiger partial charge in [-0.1, -0.05) is 13.0 Å². The number of carbonyl (C=O) groups excluding carboxylic acids is 1. The monoisotopic (exact) mass is 286 g/mol. The number of likely N-dealkylation sites (tertiary alicyclic amines) is 1. The molecule has 2 aromatic heterocycles. The van der Waals surface area contributed by atoms with Crippen molar-refractivity contribution in [1.29, 1.82) is 0 Å². The van der Waals surface area contributed by atoms with Gasteiger partial charge in [0.05, 0.1) is 10.6 Å². The van der Waals surface area contributed by atoms with Crippen molar-refractivity contribution >= 4 is 17.2 Å². The molecule has 1 fully saturated rings. The summed E-state index contributed by atoms with van der Waals surface area (Å²) in [5.41, 5.74) is 1.63. The zero-order chi connectivity index (χ0) is 13.9. The molecular formula is C16H18N2OS. The average Bonchev–Trinajstić information content (AvgIpc) is 3.02. The number of hydrogen-bond acceptors (Lipinski definition) is 3. The smallest absolute Gasteiger partial charge is 0.253 e. The summed E-state index contributed by atoms with van der Waals surface area (Å²) in [6.45, 7) is 4.00. The summed E-state index contributed by atoms with van der Waals surface area (Å²) < 4.78 is 0. The van der Waals surface area contributed by atoms with E-state index in [0.29, 0.717) is 0 Å². The van der Waals surface area contributed by atoms with Crippen molar-refractivity contribution in [3.05, 3.63) is 41.4 Å². The number of carbonyl (C=O) groups is 1. The molecular weight excluding hydrogens is 268 g/mol. The number of nitrogens with zero attached hydrogens (tertiary/aromatic N) is 2. The molecule has 3 nitrogen and oxygen atoms in total. The van der Waals surface area contributed by atoms with E-state index in [4.69, 9.17) is 0 Å². The van der Waals surface area contributed by atoms with Crippen molar-refractivity contribution < 1.29 is 4.79 Å². The first-order valence-corrected chi connectivity index (χ1v) is 7.91. The fraction of sp³-hybridized carbons (Fsp3) is 0.375. The van der Waals surface area contributed by atoms with Gasteiger partial charge in [-0.3, -0.25) is 9.78 Å². The summed E-state index contributed by atoms with van der Waals surface area (Å²) in [4.78, 5) is 20.0. The van der Waals surface area contributed by atoms with Crippen LogP contribution >= 0.6 is 11.3 Å². The minimum absolute atomic E-state index is 0.136. The molecule has 0 aliphatic carbocycles. The Kier molecular flexibility index (Phi) is 3.83. The van der Waals surface area contributed by atoms with Gasteiger partial charge in [0.25, 0.3) is 5.91 Å². The van der Waals surface area contributed by atoms with Crippen LogP contribution < -0.4 is 0 Å². The first-order valence-electron chi connectivity index (χ1n) is 7.03. The summed E-state index contributed by atoms with van der Waals surface area (Å²) >= 11 is 1.64. The minimum atomic E-state index is 0.136. The maximum absolute atomic E-state index is 12.5. The second kappa shape index (κ2) is 5.75. The average molecular weight is 286 g/mol. The van der Waals surface area contributed by atoms with Gasteiger partial charge in [0.2, 0.25) is 0 Å². The van der Waals surface area contributed by atoms with Gasteiger partial charge in [-0.25, -0.2) is 0 Å². The predicted octanol–water partition coefficient (Wildman–Crippen LogP) is 3.68. The van der Waals surface area contributed by atoms with E-state index in [-0.39, 0.29) is 5.91 Å². The molecule has 3 heterocycles. The summed E-state index contributed by atoms with van der Waals surface area (Å²) in [6.07, 6.45) is 3.94. The van der Waals surface area contributed by atoms with Crippen molar-refractivity contribution in [3.63, 3.8) is 0 Å². The van der Waals surface area contributed by atoms with Crippen LogP contribution in [0, 0.1) is 5.92 Å². The fourth-order valence-electron chi connectivity index (χ4n) is 2.52. The van der Waals surface area contributed by atoms with Gasteiger partial charge in [0.15, 0.2) is 0 Å². The Labute approximate surface area is 123 Å². The van der Waals surface area contributed by atoms with E-state index in [1.54, 1.807) is 17.5 Å². The third-order valence-electron chi connectivity index (χ3n) is 3.85. The molecule has 0 atom stereocenters. The first-order chi connectivity index (χ1) is 9.74. The molecule has 1 saturated heterocycles. The van der Waals surface area contributed by atoms with E-state index in [9.17, 15) is 4.79 Å². The predicted molar refractivity (Wildman–Crippen MR) is 81.9 cm³/mol. The summed E-state index contributed by atoms with van der Waals surface area (Å²) in [6, 6.07) is 7.76. The standard InChI is InChI=1S/C16H18N2OS/c1-12-5-8-18(9-6-12)16(19)13-4-7-17-14(11-13)15-3-2-10-20-15/h2-4,7,10-12H,5-6,8-9H2,1H3. The maximum Gasteiger partial charge on any atom is 0.253 e. The van der Waals surface area contributed by atoms with E-state index in [0.717, 1.165) is 48.0 Å². The normalized spacial score (nSPS) is 16.4. The van der Waals surface area contributed by atoms with Crippen molar-refractivity contribution in [1.82, 2.24) is 9.88 Å². The summed E-state index contributed by atoms with van der Waals surface area (Å²) in [5, 5.41) is 2.03. The van der Waals surface area contributed by atoms with Gasteiger partial charge < -0.3 is 4.90 Å². The maximum atomic E-state index is 12.5. The molecule has 1 aliphatic heterocycles. The largest absolute Gasteiger partial charge is 0.339 e. The highest BCUT2D eigenvalue weighted by molar-refractivity contribution is 7.13. The van der Waals surface area contributed by atoms with E-state index in [1.165, 1.54) is 0 Å². The molecule has 20 heavy (non-hydrogen) atoms. The molecule has 4 heteroatoms. The number of pyridine rings is 1. The lowest BCUT2D eigenvalue weighted by Crippen LogP contribution is -2.37. The number of rotatable bonds is 2. The molecule has 0 bridgehead atoms. The quantitative estimate of drug-likeness (QED) is 0.843.